The predicted molar refractivity (Wildman–Crippen MR) is 93.2 cm³/mol. The summed E-state index contributed by atoms with van der Waals surface area (Å²) >= 11 is 1.49. The van der Waals surface area contributed by atoms with Crippen molar-refractivity contribution >= 4 is 28.5 Å². The minimum atomic E-state index is -0.491. The summed E-state index contributed by atoms with van der Waals surface area (Å²) in [5.41, 5.74) is 0.616. The Hall–Kier alpha value is -1.63. The molecule has 6 nitrogen and oxygen atoms in total. The molecule has 0 radical (unpaired) electrons. The molecular formula is C17H25N3O3S. The normalized spacial score (nSPS) is 19.2. The van der Waals surface area contributed by atoms with E-state index in [4.69, 9.17) is 4.74 Å². The van der Waals surface area contributed by atoms with E-state index in [-0.39, 0.29) is 17.9 Å². The molecule has 1 aliphatic carbocycles. The Labute approximate surface area is 146 Å². The molecule has 0 atom stereocenters. The minimum Gasteiger partial charge on any atom is -0.444 e. The van der Waals surface area contributed by atoms with E-state index in [1.165, 1.54) is 24.2 Å². The van der Waals surface area contributed by atoms with Gasteiger partial charge in [-0.15, -0.1) is 11.3 Å². The summed E-state index contributed by atoms with van der Waals surface area (Å²) in [7, 11) is 0. The summed E-state index contributed by atoms with van der Waals surface area (Å²) in [5.74, 6) is 0.538. The van der Waals surface area contributed by atoms with E-state index in [0.29, 0.717) is 37.0 Å². The third kappa shape index (κ3) is 4.47. The van der Waals surface area contributed by atoms with Gasteiger partial charge >= 0.3 is 6.09 Å². The minimum absolute atomic E-state index is 0.00976. The van der Waals surface area contributed by atoms with Gasteiger partial charge in [0.05, 0.1) is 5.69 Å². The maximum absolute atomic E-state index is 12.4. The monoisotopic (exact) mass is 351 g/mol. The first-order valence-corrected chi connectivity index (χ1v) is 9.44. The molecule has 1 aromatic heterocycles. The molecule has 1 aromatic rings. The number of thiazole rings is 1. The second kappa shape index (κ2) is 6.70. The number of aromatic nitrogens is 1. The summed E-state index contributed by atoms with van der Waals surface area (Å²) in [4.78, 5) is 30.6. The molecule has 132 valence electrons. The molecule has 1 aliphatic heterocycles. The van der Waals surface area contributed by atoms with Crippen LogP contribution in [0.4, 0.5) is 9.93 Å². The smallest absolute Gasteiger partial charge is 0.410 e. The van der Waals surface area contributed by atoms with Crippen LogP contribution >= 0.6 is 11.3 Å². The second-order valence-corrected chi connectivity index (χ2v) is 8.44. The first-order chi connectivity index (χ1) is 11.3. The fraction of sp³-hybridized carbons (Fsp3) is 0.706. The maximum Gasteiger partial charge on any atom is 0.410 e. The molecule has 1 saturated heterocycles. The quantitative estimate of drug-likeness (QED) is 0.903. The van der Waals surface area contributed by atoms with Crippen LogP contribution in [0.2, 0.25) is 0 Å². The fourth-order valence-corrected chi connectivity index (χ4v) is 3.56. The van der Waals surface area contributed by atoms with Crippen molar-refractivity contribution < 1.29 is 14.3 Å². The molecule has 7 heteroatoms. The Bertz CT molecular complexity index is 611. The van der Waals surface area contributed by atoms with Crippen molar-refractivity contribution in [2.24, 2.45) is 5.92 Å². The van der Waals surface area contributed by atoms with Crippen LogP contribution in [0, 0.1) is 5.92 Å². The fourth-order valence-electron chi connectivity index (χ4n) is 2.77. The number of amides is 2. The lowest BCUT2D eigenvalue weighted by Crippen LogP contribution is -2.43. The van der Waals surface area contributed by atoms with Crippen molar-refractivity contribution in [3.63, 3.8) is 0 Å². The first-order valence-electron chi connectivity index (χ1n) is 8.56. The number of hydrogen-bond acceptors (Lipinski definition) is 5. The highest BCUT2D eigenvalue weighted by atomic mass is 32.1. The predicted octanol–water partition coefficient (Wildman–Crippen LogP) is 3.61. The molecule has 1 N–H and O–H groups in total. The number of rotatable bonds is 3. The highest BCUT2D eigenvalue weighted by Crippen LogP contribution is 2.41. The first kappa shape index (κ1) is 17.2. The van der Waals surface area contributed by atoms with Gasteiger partial charge in [-0.1, -0.05) is 0 Å². The zero-order chi connectivity index (χ0) is 17.3. The maximum atomic E-state index is 12.4. The van der Waals surface area contributed by atoms with Gasteiger partial charge in [-0.05, 0) is 46.5 Å². The van der Waals surface area contributed by atoms with Gasteiger partial charge in [0, 0.05) is 30.3 Å². The SMILES string of the molecule is CC(C)(C)OC(=O)N1CCC(C(=O)Nc2nc(C3CC3)cs2)CC1. The summed E-state index contributed by atoms with van der Waals surface area (Å²) in [6.45, 7) is 6.68. The summed E-state index contributed by atoms with van der Waals surface area (Å²) in [5, 5.41) is 5.66. The molecule has 1 saturated carbocycles. The zero-order valence-electron chi connectivity index (χ0n) is 14.5. The topological polar surface area (TPSA) is 71.5 Å². The molecule has 3 rings (SSSR count). The zero-order valence-corrected chi connectivity index (χ0v) is 15.3. The van der Waals surface area contributed by atoms with Crippen LogP contribution in [-0.2, 0) is 9.53 Å². The lowest BCUT2D eigenvalue weighted by atomic mass is 9.96. The molecule has 0 aromatic carbocycles. The van der Waals surface area contributed by atoms with Crippen molar-refractivity contribution in [2.45, 2.75) is 58.0 Å². The number of piperidine rings is 1. The number of anilines is 1. The van der Waals surface area contributed by atoms with Crippen LogP contribution < -0.4 is 5.32 Å². The lowest BCUT2D eigenvalue weighted by Gasteiger charge is -2.32. The Morgan fingerprint density at radius 2 is 1.92 bits per heavy atom. The highest BCUT2D eigenvalue weighted by Gasteiger charge is 2.31. The van der Waals surface area contributed by atoms with Crippen LogP contribution in [0.5, 0.6) is 0 Å². The molecule has 24 heavy (non-hydrogen) atoms. The summed E-state index contributed by atoms with van der Waals surface area (Å²) < 4.78 is 5.38. The number of carbonyl (C=O) groups excluding carboxylic acids is 2. The molecular weight excluding hydrogens is 326 g/mol. The summed E-state index contributed by atoms with van der Waals surface area (Å²) in [6.07, 6.45) is 3.44. The van der Waals surface area contributed by atoms with E-state index < -0.39 is 5.60 Å². The Morgan fingerprint density at radius 3 is 2.50 bits per heavy atom. The van der Waals surface area contributed by atoms with Crippen LogP contribution in [0.3, 0.4) is 0 Å². The summed E-state index contributed by atoms with van der Waals surface area (Å²) in [6, 6.07) is 0. The van der Waals surface area contributed by atoms with Crippen molar-refractivity contribution in [3.05, 3.63) is 11.1 Å². The van der Waals surface area contributed by atoms with Crippen molar-refractivity contribution in [3.8, 4) is 0 Å². The second-order valence-electron chi connectivity index (χ2n) is 7.58. The van der Waals surface area contributed by atoms with Crippen molar-refractivity contribution in [2.75, 3.05) is 18.4 Å². The molecule has 2 heterocycles. The molecule has 0 unspecified atom stereocenters. The molecule has 0 bridgehead atoms. The van der Waals surface area contributed by atoms with Gasteiger partial charge in [-0.2, -0.15) is 0 Å². The average molecular weight is 351 g/mol. The lowest BCUT2D eigenvalue weighted by molar-refractivity contribution is -0.121. The number of ether oxygens (including phenoxy) is 1. The van der Waals surface area contributed by atoms with Crippen molar-refractivity contribution in [1.82, 2.24) is 9.88 Å². The van der Waals surface area contributed by atoms with Gasteiger partial charge in [0.2, 0.25) is 5.91 Å². The number of carbonyl (C=O) groups is 2. The van der Waals surface area contributed by atoms with E-state index in [1.54, 1.807) is 4.90 Å². The van der Waals surface area contributed by atoms with E-state index in [9.17, 15) is 9.59 Å². The van der Waals surface area contributed by atoms with Crippen LogP contribution in [0.25, 0.3) is 0 Å². The standard InChI is InChI=1S/C17H25N3O3S/c1-17(2,3)23-16(22)20-8-6-12(7-9-20)14(21)19-15-18-13(10-24-15)11-4-5-11/h10-12H,4-9H2,1-3H3,(H,18,19,21). The average Bonchev–Trinajstić information content (AvgIpc) is 3.26. The number of hydrogen-bond donors (Lipinski definition) is 1. The van der Waals surface area contributed by atoms with E-state index in [1.807, 2.05) is 26.2 Å². The van der Waals surface area contributed by atoms with E-state index in [2.05, 4.69) is 10.3 Å². The molecule has 0 spiro atoms. The van der Waals surface area contributed by atoms with Crippen molar-refractivity contribution in [1.29, 1.82) is 0 Å². The number of likely N-dealkylation sites (tertiary alicyclic amines) is 1. The van der Waals surface area contributed by atoms with E-state index >= 15 is 0 Å². The van der Waals surface area contributed by atoms with Gasteiger partial charge in [-0.3, -0.25) is 4.79 Å². The van der Waals surface area contributed by atoms with E-state index in [0.717, 1.165) is 5.69 Å². The Balaban J connectivity index is 1.46. The third-order valence-electron chi connectivity index (χ3n) is 4.27. The van der Waals surface area contributed by atoms with Gasteiger partial charge in [0.1, 0.15) is 5.60 Å². The number of nitrogens with zero attached hydrogens (tertiary/aromatic N) is 2. The molecule has 2 amide bonds. The molecule has 2 fully saturated rings. The Kier molecular flexibility index (Phi) is 4.80. The third-order valence-corrected chi connectivity index (χ3v) is 5.04. The van der Waals surface area contributed by atoms with Gasteiger partial charge < -0.3 is 15.0 Å². The van der Waals surface area contributed by atoms with Crippen LogP contribution in [0.15, 0.2) is 5.38 Å². The van der Waals surface area contributed by atoms with Gasteiger partial charge in [0.15, 0.2) is 5.13 Å². The van der Waals surface area contributed by atoms with Gasteiger partial charge in [0.25, 0.3) is 0 Å². The van der Waals surface area contributed by atoms with Gasteiger partial charge in [-0.25, -0.2) is 9.78 Å². The number of nitrogens with one attached hydrogen (secondary N) is 1. The van der Waals surface area contributed by atoms with Crippen LogP contribution in [-0.4, -0.2) is 40.6 Å². The highest BCUT2D eigenvalue weighted by molar-refractivity contribution is 7.13. The Morgan fingerprint density at radius 1 is 1.25 bits per heavy atom. The molecule has 2 aliphatic rings. The van der Waals surface area contributed by atoms with Crippen LogP contribution in [0.1, 0.15) is 58.1 Å². The largest absolute Gasteiger partial charge is 0.444 e.